The lowest BCUT2D eigenvalue weighted by Crippen LogP contribution is -2.45. The zero-order chi connectivity index (χ0) is 17.0. The Labute approximate surface area is 149 Å². The SMILES string of the molecule is CC(C)c1ccc(NC(=S)NC2(c3cccnc3)CCCC2)cc1. The summed E-state index contributed by atoms with van der Waals surface area (Å²) in [6.07, 6.45) is 8.39. The molecule has 1 fully saturated rings. The summed E-state index contributed by atoms with van der Waals surface area (Å²) in [4.78, 5) is 4.29. The molecule has 0 saturated heterocycles. The van der Waals surface area contributed by atoms with E-state index in [0.29, 0.717) is 11.0 Å². The zero-order valence-corrected chi connectivity index (χ0v) is 15.2. The van der Waals surface area contributed by atoms with Crippen molar-refractivity contribution in [3.8, 4) is 0 Å². The topological polar surface area (TPSA) is 37.0 Å². The van der Waals surface area contributed by atoms with Crippen molar-refractivity contribution in [2.45, 2.75) is 51.0 Å². The summed E-state index contributed by atoms with van der Waals surface area (Å²) in [7, 11) is 0. The van der Waals surface area contributed by atoms with Gasteiger partial charge >= 0.3 is 0 Å². The maximum absolute atomic E-state index is 5.59. The molecule has 0 atom stereocenters. The highest BCUT2D eigenvalue weighted by molar-refractivity contribution is 7.80. The van der Waals surface area contributed by atoms with Crippen molar-refractivity contribution in [3.05, 3.63) is 59.9 Å². The largest absolute Gasteiger partial charge is 0.353 e. The molecule has 2 aromatic rings. The normalized spacial score (nSPS) is 16.1. The van der Waals surface area contributed by atoms with Crippen LogP contribution in [0.4, 0.5) is 5.69 Å². The van der Waals surface area contributed by atoms with Crippen molar-refractivity contribution in [1.29, 1.82) is 0 Å². The Hall–Kier alpha value is -1.94. The van der Waals surface area contributed by atoms with Crippen LogP contribution in [0.1, 0.15) is 56.6 Å². The lowest BCUT2D eigenvalue weighted by atomic mass is 9.89. The number of anilines is 1. The molecule has 3 rings (SSSR count). The molecule has 1 aromatic heterocycles. The molecule has 0 spiro atoms. The number of hydrogen-bond acceptors (Lipinski definition) is 2. The van der Waals surface area contributed by atoms with Crippen LogP contribution in [0.2, 0.25) is 0 Å². The van der Waals surface area contributed by atoms with Crippen LogP contribution in [0.3, 0.4) is 0 Å². The molecular formula is C20H25N3S. The van der Waals surface area contributed by atoms with E-state index < -0.39 is 0 Å². The minimum atomic E-state index is -0.0871. The van der Waals surface area contributed by atoms with Crippen LogP contribution in [0.5, 0.6) is 0 Å². The first-order chi connectivity index (χ1) is 11.6. The minimum absolute atomic E-state index is 0.0871. The van der Waals surface area contributed by atoms with Gasteiger partial charge in [0.15, 0.2) is 5.11 Å². The molecule has 4 heteroatoms. The summed E-state index contributed by atoms with van der Waals surface area (Å²) in [6, 6.07) is 12.6. The summed E-state index contributed by atoms with van der Waals surface area (Å²) in [6.45, 7) is 4.40. The third-order valence-corrected chi connectivity index (χ3v) is 5.06. The van der Waals surface area contributed by atoms with Crippen LogP contribution in [0.25, 0.3) is 0 Å². The van der Waals surface area contributed by atoms with Gasteiger partial charge in [-0.05, 0) is 60.3 Å². The average molecular weight is 340 g/mol. The molecule has 1 aliphatic carbocycles. The number of hydrogen-bond donors (Lipinski definition) is 2. The van der Waals surface area contributed by atoms with Gasteiger partial charge in [0.25, 0.3) is 0 Å². The van der Waals surface area contributed by atoms with Gasteiger partial charge in [0, 0.05) is 18.1 Å². The molecule has 0 amide bonds. The second-order valence-corrected chi connectivity index (χ2v) is 7.29. The summed E-state index contributed by atoms with van der Waals surface area (Å²) < 4.78 is 0. The van der Waals surface area contributed by atoms with E-state index >= 15 is 0 Å². The van der Waals surface area contributed by atoms with Crippen LogP contribution in [-0.2, 0) is 5.54 Å². The van der Waals surface area contributed by atoms with E-state index in [0.717, 1.165) is 18.5 Å². The number of aromatic nitrogens is 1. The third kappa shape index (κ3) is 3.75. The lowest BCUT2D eigenvalue weighted by Gasteiger charge is -2.32. The highest BCUT2D eigenvalue weighted by atomic mass is 32.1. The van der Waals surface area contributed by atoms with Gasteiger partial charge in [-0.25, -0.2) is 0 Å². The number of pyridine rings is 1. The van der Waals surface area contributed by atoms with E-state index in [9.17, 15) is 0 Å². The Balaban J connectivity index is 1.70. The molecule has 1 aliphatic rings. The second kappa shape index (κ2) is 7.31. The van der Waals surface area contributed by atoms with Crippen molar-refractivity contribution in [3.63, 3.8) is 0 Å². The third-order valence-electron chi connectivity index (χ3n) is 4.86. The van der Waals surface area contributed by atoms with Crippen LogP contribution in [-0.4, -0.2) is 10.1 Å². The Morgan fingerprint density at radius 1 is 1.12 bits per heavy atom. The van der Waals surface area contributed by atoms with Crippen molar-refractivity contribution < 1.29 is 0 Å². The molecule has 126 valence electrons. The lowest BCUT2D eigenvalue weighted by molar-refractivity contribution is 0.407. The summed E-state index contributed by atoms with van der Waals surface area (Å²) in [5.74, 6) is 0.538. The average Bonchev–Trinajstić information content (AvgIpc) is 3.05. The van der Waals surface area contributed by atoms with E-state index in [-0.39, 0.29) is 5.54 Å². The summed E-state index contributed by atoms with van der Waals surface area (Å²) in [5, 5.41) is 7.58. The van der Waals surface area contributed by atoms with E-state index in [4.69, 9.17) is 12.2 Å². The highest BCUT2D eigenvalue weighted by Crippen LogP contribution is 2.38. The van der Waals surface area contributed by atoms with E-state index in [1.54, 1.807) is 0 Å². The van der Waals surface area contributed by atoms with Gasteiger partial charge in [0.2, 0.25) is 0 Å². The number of rotatable bonds is 4. The first-order valence-corrected chi connectivity index (χ1v) is 9.09. The Morgan fingerprint density at radius 3 is 2.42 bits per heavy atom. The van der Waals surface area contributed by atoms with E-state index in [1.807, 2.05) is 18.5 Å². The molecule has 1 saturated carbocycles. The van der Waals surface area contributed by atoms with Gasteiger partial charge in [0.1, 0.15) is 0 Å². The van der Waals surface area contributed by atoms with Gasteiger partial charge in [-0.1, -0.05) is 44.9 Å². The van der Waals surface area contributed by atoms with Gasteiger partial charge in [-0.2, -0.15) is 0 Å². The standard InChI is InChI=1S/C20H25N3S/c1-15(2)16-7-9-18(10-8-16)22-19(24)23-20(11-3-4-12-20)17-6-5-13-21-14-17/h5-10,13-15H,3-4,11-12H2,1-2H3,(H2,22,23,24). The monoisotopic (exact) mass is 339 g/mol. The maximum Gasteiger partial charge on any atom is 0.171 e. The number of nitrogens with zero attached hydrogens (tertiary/aromatic N) is 1. The molecule has 0 bridgehead atoms. The van der Waals surface area contributed by atoms with E-state index in [2.05, 4.69) is 59.8 Å². The van der Waals surface area contributed by atoms with Crippen molar-refractivity contribution in [2.24, 2.45) is 0 Å². The molecule has 0 unspecified atom stereocenters. The van der Waals surface area contributed by atoms with Crippen molar-refractivity contribution in [2.75, 3.05) is 5.32 Å². The van der Waals surface area contributed by atoms with E-state index in [1.165, 1.54) is 24.0 Å². The second-order valence-electron chi connectivity index (χ2n) is 6.89. The fourth-order valence-electron chi connectivity index (χ4n) is 3.44. The summed E-state index contributed by atoms with van der Waals surface area (Å²) in [5.41, 5.74) is 3.50. The number of nitrogens with one attached hydrogen (secondary N) is 2. The van der Waals surface area contributed by atoms with Crippen LogP contribution >= 0.6 is 12.2 Å². The fourth-order valence-corrected chi connectivity index (χ4v) is 3.75. The maximum atomic E-state index is 5.59. The summed E-state index contributed by atoms with van der Waals surface area (Å²) >= 11 is 5.59. The molecule has 0 radical (unpaired) electrons. The quantitative estimate of drug-likeness (QED) is 0.772. The van der Waals surface area contributed by atoms with Crippen LogP contribution in [0, 0.1) is 0 Å². The van der Waals surface area contributed by atoms with Crippen LogP contribution < -0.4 is 10.6 Å². The Morgan fingerprint density at radius 2 is 1.83 bits per heavy atom. The van der Waals surface area contributed by atoms with Gasteiger partial charge in [-0.15, -0.1) is 0 Å². The number of thiocarbonyl (C=S) groups is 1. The predicted octanol–water partition coefficient (Wildman–Crippen LogP) is 4.96. The molecular weight excluding hydrogens is 314 g/mol. The Bertz CT molecular complexity index is 674. The first-order valence-electron chi connectivity index (χ1n) is 8.69. The molecule has 24 heavy (non-hydrogen) atoms. The fraction of sp³-hybridized carbons (Fsp3) is 0.400. The Kier molecular flexibility index (Phi) is 5.14. The number of benzene rings is 1. The first kappa shape index (κ1) is 16.9. The van der Waals surface area contributed by atoms with Gasteiger partial charge < -0.3 is 10.6 Å². The van der Waals surface area contributed by atoms with Crippen LogP contribution in [0.15, 0.2) is 48.8 Å². The van der Waals surface area contributed by atoms with Gasteiger partial charge in [0.05, 0.1) is 5.54 Å². The van der Waals surface area contributed by atoms with Crippen molar-refractivity contribution >= 4 is 23.0 Å². The zero-order valence-electron chi connectivity index (χ0n) is 14.4. The molecule has 1 heterocycles. The van der Waals surface area contributed by atoms with Crippen molar-refractivity contribution in [1.82, 2.24) is 10.3 Å². The molecule has 2 N–H and O–H groups in total. The molecule has 3 nitrogen and oxygen atoms in total. The highest BCUT2D eigenvalue weighted by Gasteiger charge is 2.36. The molecule has 1 aromatic carbocycles. The smallest absolute Gasteiger partial charge is 0.171 e. The molecule has 0 aliphatic heterocycles. The van der Waals surface area contributed by atoms with Gasteiger partial charge in [-0.3, -0.25) is 4.98 Å². The minimum Gasteiger partial charge on any atom is -0.353 e. The predicted molar refractivity (Wildman–Crippen MR) is 104 cm³/mol.